The number of carbonyl (C=O) groups is 3. The van der Waals surface area contributed by atoms with Crippen molar-refractivity contribution < 1.29 is 23.9 Å². The van der Waals surface area contributed by atoms with Gasteiger partial charge in [-0.1, -0.05) is 49.8 Å². The summed E-state index contributed by atoms with van der Waals surface area (Å²) in [6.45, 7) is 7.87. The van der Waals surface area contributed by atoms with Crippen LogP contribution in [0.25, 0.3) is 0 Å². The molecule has 1 heterocycles. The second-order valence-electron chi connectivity index (χ2n) is 9.11. The highest BCUT2D eigenvalue weighted by atomic mass is 16.6. The van der Waals surface area contributed by atoms with Crippen molar-refractivity contribution in [2.24, 2.45) is 17.3 Å². The van der Waals surface area contributed by atoms with Crippen molar-refractivity contribution in [3.05, 3.63) is 59.7 Å². The van der Waals surface area contributed by atoms with Crippen molar-refractivity contribution >= 4 is 17.7 Å². The van der Waals surface area contributed by atoms with Crippen molar-refractivity contribution in [1.82, 2.24) is 0 Å². The van der Waals surface area contributed by atoms with Gasteiger partial charge in [-0.2, -0.15) is 0 Å². The Bertz CT molecular complexity index is 861. The topological polar surface area (TPSA) is 69.7 Å². The van der Waals surface area contributed by atoms with Gasteiger partial charge in [-0.15, -0.1) is 0 Å². The summed E-state index contributed by atoms with van der Waals surface area (Å²) in [6.07, 6.45) is 6.18. The Morgan fingerprint density at radius 1 is 1.20 bits per heavy atom. The molecule has 160 valence electrons. The molecule has 1 aromatic carbocycles. The van der Waals surface area contributed by atoms with E-state index in [1.807, 2.05) is 39.8 Å². The summed E-state index contributed by atoms with van der Waals surface area (Å²) in [7, 11) is 0. The van der Waals surface area contributed by atoms with Gasteiger partial charge in [-0.3, -0.25) is 9.59 Å². The standard InChI is InChI=1S/C25H30O5/c1-16(2)12-13-25(3,4)22(26)11-10-18-19-14-23(27)29-21(19)15-20(18)30-24(28)17-8-6-5-7-9-17/h5-12,18-21H,13-15H2,1-4H3/t18-,19-,20-,21+/m1/s1. The average molecular weight is 411 g/mol. The molecule has 0 N–H and O–H groups in total. The number of rotatable bonds is 7. The lowest BCUT2D eigenvalue weighted by Crippen LogP contribution is -2.26. The van der Waals surface area contributed by atoms with E-state index in [0.717, 1.165) is 0 Å². The first kappa shape index (κ1) is 22.0. The molecule has 0 radical (unpaired) electrons. The van der Waals surface area contributed by atoms with E-state index < -0.39 is 17.5 Å². The van der Waals surface area contributed by atoms with Crippen LogP contribution in [0.15, 0.2) is 54.1 Å². The molecule has 4 atom stereocenters. The molecule has 2 fully saturated rings. The maximum atomic E-state index is 12.8. The van der Waals surface area contributed by atoms with Gasteiger partial charge in [0, 0.05) is 23.7 Å². The number of ketones is 1. The molecule has 5 heteroatoms. The fourth-order valence-electron chi connectivity index (χ4n) is 4.05. The largest absolute Gasteiger partial charge is 0.462 e. The SMILES string of the molecule is CC(C)=CCC(C)(C)C(=O)C=C[C@@H]1[C@H]2CC(=O)O[C@H]2C[C@H]1OC(=O)c1ccccc1. The lowest BCUT2D eigenvalue weighted by molar-refractivity contribution is -0.141. The van der Waals surface area contributed by atoms with E-state index in [4.69, 9.17) is 9.47 Å². The zero-order chi connectivity index (χ0) is 21.9. The molecule has 3 rings (SSSR count). The molecule has 0 amide bonds. The third kappa shape index (κ3) is 5.07. The van der Waals surface area contributed by atoms with E-state index in [9.17, 15) is 14.4 Å². The molecule has 1 saturated heterocycles. The van der Waals surface area contributed by atoms with Gasteiger partial charge >= 0.3 is 11.9 Å². The molecule has 0 bridgehead atoms. The molecule has 5 nitrogen and oxygen atoms in total. The van der Waals surface area contributed by atoms with Gasteiger partial charge in [-0.25, -0.2) is 4.79 Å². The fraction of sp³-hybridized carbons (Fsp3) is 0.480. The number of allylic oxidation sites excluding steroid dienone is 3. The summed E-state index contributed by atoms with van der Waals surface area (Å²) in [4.78, 5) is 37.1. The van der Waals surface area contributed by atoms with Gasteiger partial charge in [0.1, 0.15) is 12.2 Å². The smallest absolute Gasteiger partial charge is 0.338 e. The second kappa shape index (κ2) is 8.99. The minimum absolute atomic E-state index is 0.0156. The van der Waals surface area contributed by atoms with Crippen LogP contribution in [0.3, 0.4) is 0 Å². The van der Waals surface area contributed by atoms with Crippen LogP contribution in [0, 0.1) is 17.3 Å². The Kier molecular flexibility index (Phi) is 6.59. The van der Waals surface area contributed by atoms with Crippen LogP contribution in [-0.4, -0.2) is 29.9 Å². The van der Waals surface area contributed by atoms with Crippen LogP contribution >= 0.6 is 0 Å². The predicted octanol–water partition coefficient (Wildman–Crippen LogP) is 4.67. The zero-order valence-corrected chi connectivity index (χ0v) is 18.1. The minimum Gasteiger partial charge on any atom is -0.462 e. The van der Waals surface area contributed by atoms with Gasteiger partial charge in [0.25, 0.3) is 0 Å². The first-order valence-electron chi connectivity index (χ1n) is 10.5. The number of carbonyl (C=O) groups excluding carboxylic acids is 3. The van der Waals surface area contributed by atoms with Crippen LogP contribution in [-0.2, 0) is 19.1 Å². The molecule has 1 saturated carbocycles. The lowest BCUT2D eigenvalue weighted by Gasteiger charge is -2.22. The molecule has 0 spiro atoms. The lowest BCUT2D eigenvalue weighted by atomic mass is 9.82. The quantitative estimate of drug-likeness (QED) is 0.371. The van der Waals surface area contributed by atoms with E-state index in [1.165, 1.54) is 5.57 Å². The minimum atomic E-state index is -0.524. The Morgan fingerprint density at radius 3 is 2.57 bits per heavy atom. The van der Waals surface area contributed by atoms with Crippen LogP contribution in [0.5, 0.6) is 0 Å². The number of benzene rings is 1. The fourth-order valence-corrected chi connectivity index (χ4v) is 4.05. The van der Waals surface area contributed by atoms with Crippen LogP contribution in [0.4, 0.5) is 0 Å². The summed E-state index contributed by atoms with van der Waals surface area (Å²) < 4.78 is 11.2. The van der Waals surface area contributed by atoms with E-state index in [-0.39, 0.29) is 36.1 Å². The summed E-state index contributed by atoms with van der Waals surface area (Å²) in [5.41, 5.74) is 1.13. The average Bonchev–Trinajstić information content (AvgIpc) is 3.20. The maximum absolute atomic E-state index is 12.8. The zero-order valence-electron chi connectivity index (χ0n) is 18.1. The number of ether oxygens (including phenoxy) is 2. The second-order valence-corrected chi connectivity index (χ2v) is 9.11. The molecular formula is C25H30O5. The molecule has 1 aliphatic carbocycles. The van der Waals surface area contributed by atoms with Crippen LogP contribution < -0.4 is 0 Å². The van der Waals surface area contributed by atoms with E-state index in [1.54, 1.807) is 30.3 Å². The number of hydrogen-bond donors (Lipinski definition) is 0. The number of hydrogen-bond acceptors (Lipinski definition) is 5. The van der Waals surface area contributed by atoms with Crippen molar-refractivity contribution in [3.8, 4) is 0 Å². The summed E-state index contributed by atoms with van der Waals surface area (Å²) in [5, 5.41) is 0. The Labute approximate surface area is 178 Å². The monoisotopic (exact) mass is 410 g/mol. The Hall–Kier alpha value is -2.69. The van der Waals surface area contributed by atoms with Gasteiger partial charge in [0.05, 0.1) is 12.0 Å². The Balaban J connectivity index is 1.75. The van der Waals surface area contributed by atoms with Crippen molar-refractivity contribution in [1.29, 1.82) is 0 Å². The van der Waals surface area contributed by atoms with Crippen molar-refractivity contribution in [3.63, 3.8) is 0 Å². The van der Waals surface area contributed by atoms with Crippen molar-refractivity contribution in [2.45, 2.75) is 59.2 Å². The molecule has 0 unspecified atom stereocenters. The number of fused-ring (bicyclic) bond motifs is 1. The van der Waals surface area contributed by atoms with E-state index >= 15 is 0 Å². The number of esters is 2. The summed E-state index contributed by atoms with van der Waals surface area (Å²) in [6, 6.07) is 8.82. The molecule has 2 aliphatic rings. The summed E-state index contributed by atoms with van der Waals surface area (Å²) >= 11 is 0. The first-order valence-corrected chi connectivity index (χ1v) is 10.5. The molecular weight excluding hydrogens is 380 g/mol. The third-order valence-corrected chi connectivity index (χ3v) is 5.98. The molecule has 0 aromatic heterocycles. The van der Waals surface area contributed by atoms with Crippen molar-refractivity contribution in [2.75, 3.05) is 0 Å². The van der Waals surface area contributed by atoms with Crippen LogP contribution in [0.1, 0.15) is 57.3 Å². The third-order valence-electron chi connectivity index (χ3n) is 5.98. The van der Waals surface area contributed by atoms with Gasteiger partial charge in [0.2, 0.25) is 0 Å². The maximum Gasteiger partial charge on any atom is 0.338 e. The van der Waals surface area contributed by atoms with Crippen LogP contribution in [0.2, 0.25) is 0 Å². The molecule has 30 heavy (non-hydrogen) atoms. The predicted molar refractivity (Wildman–Crippen MR) is 114 cm³/mol. The first-order chi connectivity index (χ1) is 14.2. The van der Waals surface area contributed by atoms with Gasteiger partial charge in [0.15, 0.2) is 5.78 Å². The highest BCUT2D eigenvalue weighted by Crippen LogP contribution is 2.44. The highest BCUT2D eigenvalue weighted by molar-refractivity contribution is 5.94. The van der Waals surface area contributed by atoms with Gasteiger partial charge < -0.3 is 9.47 Å². The summed E-state index contributed by atoms with van der Waals surface area (Å²) in [5.74, 6) is -0.915. The highest BCUT2D eigenvalue weighted by Gasteiger charge is 2.50. The molecule has 1 aliphatic heterocycles. The van der Waals surface area contributed by atoms with E-state index in [0.29, 0.717) is 18.4 Å². The molecule has 1 aromatic rings. The van der Waals surface area contributed by atoms with E-state index in [2.05, 4.69) is 6.08 Å². The normalized spacial score (nSPS) is 25.7. The van der Waals surface area contributed by atoms with Gasteiger partial charge in [-0.05, 0) is 38.5 Å². The Morgan fingerprint density at radius 2 is 1.90 bits per heavy atom.